The molecule has 4 aliphatic rings. The van der Waals surface area contributed by atoms with Gasteiger partial charge in [-0.25, -0.2) is 4.98 Å². The monoisotopic (exact) mass is 258 g/mol. The lowest BCUT2D eigenvalue weighted by atomic mass is 9.48. The summed E-state index contributed by atoms with van der Waals surface area (Å²) in [6.45, 7) is 2.14. The van der Waals surface area contributed by atoms with Gasteiger partial charge in [0.2, 0.25) is 5.95 Å². The molecule has 4 bridgehead atoms. The molecule has 102 valence electrons. The Kier molecular flexibility index (Phi) is 2.39. The van der Waals surface area contributed by atoms with Crippen LogP contribution in [-0.4, -0.2) is 15.2 Å². The van der Waals surface area contributed by atoms with Crippen LogP contribution in [-0.2, 0) is 11.8 Å². The van der Waals surface area contributed by atoms with Crippen LogP contribution in [0.15, 0.2) is 0 Å². The number of rotatable bonds is 2. The highest BCUT2D eigenvalue weighted by Crippen LogP contribution is 2.60. The Hall–Kier alpha value is -1.19. The van der Waals surface area contributed by atoms with E-state index in [2.05, 4.69) is 22.1 Å². The Morgan fingerprint density at radius 3 is 2.16 bits per heavy atom. The van der Waals surface area contributed by atoms with E-state index in [0.717, 1.165) is 29.9 Å². The first-order chi connectivity index (χ1) is 9.18. The predicted octanol–water partition coefficient (Wildman–Crippen LogP) is 2.48. The van der Waals surface area contributed by atoms with E-state index in [1.807, 2.05) is 0 Å². The van der Waals surface area contributed by atoms with Crippen LogP contribution in [0.25, 0.3) is 0 Å². The second-order valence-corrected chi connectivity index (χ2v) is 7.02. The molecule has 0 spiro atoms. The lowest BCUT2D eigenvalue weighted by Crippen LogP contribution is -2.49. The second kappa shape index (κ2) is 3.90. The first-order valence-electron chi connectivity index (χ1n) is 7.68. The third kappa shape index (κ3) is 1.68. The van der Waals surface area contributed by atoms with Gasteiger partial charge in [-0.3, -0.25) is 0 Å². The summed E-state index contributed by atoms with van der Waals surface area (Å²) in [6, 6.07) is 0. The van der Waals surface area contributed by atoms with Gasteiger partial charge in [-0.15, -0.1) is 10.2 Å². The molecule has 0 radical (unpaired) electrons. The van der Waals surface area contributed by atoms with E-state index in [0.29, 0.717) is 5.95 Å². The number of nitrogen functional groups attached to an aromatic ring is 1. The number of hydrogen-bond acceptors (Lipinski definition) is 4. The molecule has 4 fully saturated rings. The average Bonchev–Trinajstić information content (AvgIpc) is 2.37. The summed E-state index contributed by atoms with van der Waals surface area (Å²) in [5, 5.41) is 8.27. The Morgan fingerprint density at radius 2 is 1.63 bits per heavy atom. The van der Waals surface area contributed by atoms with Crippen LogP contribution in [0.3, 0.4) is 0 Å². The molecular weight excluding hydrogens is 236 g/mol. The maximum atomic E-state index is 5.82. The van der Waals surface area contributed by atoms with Crippen molar-refractivity contribution in [2.75, 3.05) is 5.73 Å². The highest BCUT2D eigenvalue weighted by molar-refractivity contribution is 5.30. The number of nitrogens with zero attached hydrogens (tertiary/aromatic N) is 3. The van der Waals surface area contributed by atoms with Gasteiger partial charge >= 0.3 is 0 Å². The largest absolute Gasteiger partial charge is 0.366 e. The van der Waals surface area contributed by atoms with Crippen molar-refractivity contribution in [2.24, 2.45) is 17.8 Å². The lowest BCUT2D eigenvalue weighted by molar-refractivity contribution is -0.00786. The van der Waals surface area contributed by atoms with Crippen molar-refractivity contribution >= 4 is 5.95 Å². The standard InChI is InChI=1S/C15H22N4/c1-2-12-13(17-14(16)19-18-12)15-6-9-3-10(7-15)5-11(4-9)8-15/h9-11H,2-8H2,1H3,(H2,16,17,19). The maximum Gasteiger partial charge on any atom is 0.240 e. The summed E-state index contributed by atoms with van der Waals surface area (Å²) in [4.78, 5) is 4.64. The fourth-order valence-electron chi connectivity index (χ4n) is 5.42. The molecule has 19 heavy (non-hydrogen) atoms. The van der Waals surface area contributed by atoms with E-state index in [1.54, 1.807) is 0 Å². The van der Waals surface area contributed by atoms with Crippen molar-refractivity contribution in [3.8, 4) is 0 Å². The van der Waals surface area contributed by atoms with Crippen molar-refractivity contribution < 1.29 is 0 Å². The zero-order chi connectivity index (χ0) is 13.0. The van der Waals surface area contributed by atoms with Crippen molar-refractivity contribution in [3.05, 3.63) is 11.4 Å². The second-order valence-electron chi connectivity index (χ2n) is 7.02. The Morgan fingerprint density at radius 1 is 1.05 bits per heavy atom. The van der Waals surface area contributed by atoms with Crippen LogP contribution >= 0.6 is 0 Å². The van der Waals surface area contributed by atoms with Crippen molar-refractivity contribution in [1.82, 2.24) is 15.2 Å². The fourth-order valence-corrected chi connectivity index (χ4v) is 5.42. The van der Waals surface area contributed by atoms with Gasteiger partial charge in [0, 0.05) is 5.41 Å². The minimum Gasteiger partial charge on any atom is -0.366 e. The van der Waals surface area contributed by atoms with Crippen molar-refractivity contribution in [3.63, 3.8) is 0 Å². The molecule has 4 heteroatoms. The summed E-state index contributed by atoms with van der Waals surface area (Å²) in [5.41, 5.74) is 8.37. The van der Waals surface area contributed by atoms with E-state index < -0.39 is 0 Å². The van der Waals surface area contributed by atoms with Crippen molar-refractivity contribution in [1.29, 1.82) is 0 Å². The average molecular weight is 258 g/mol. The summed E-state index contributed by atoms with van der Waals surface area (Å²) in [5.74, 6) is 3.12. The molecule has 4 nitrogen and oxygen atoms in total. The number of aromatic nitrogens is 3. The first kappa shape index (κ1) is 11.6. The summed E-state index contributed by atoms with van der Waals surface area (Å²) in [7, 11) is 0. The number of nitrogens with two attached hydrogens (primary N) is 1. The van der Waals surface area contributed by atoms with Crippen LogP contribution < -0.4 is 5.73 Å². The minimum absolute atomic E-state index is 0.282. The molecule has 0 unspecified atom stereocenters. The van der Waals surface area contributed by atoms with Crippen molar-refractivity contribution in [2.45, 2.75) is 57.3 Å². The van der Waals surface area contributed by atoms with Crippen LogP contribution in [0.5, 0.6) is 0 Å². The SMILES string of the molecule is CCc1nnc(N)nc1C12CC3CC(CC(C3)C1)C2. The third-order valence-electron chi connectivity index (χ3n) is 5.65. The molecule has 1 heterocycles. The quantitative estimate of drug-likeness (QED) is 0.885. The van der Waals surface area contributed by atoms with Gasteiger partial charge in [-0.05, 0) is 62.7 Å². The normalized spacial score (nSPS) is 39.7. The topological polar surface area (TPSA) is 64.7 Å². The smallest absolute Gasteiger partial charge is 0.240 e. The van der Waals surface area contributed by atoms with Gasteiger partial charge in [0.1, 0.15) is 0 Å². The summed E-state index contributed by atoms with van der Waals surface area (Å²) < 4.78 is 0. The van der Waals surface area contributed by atoms with E-state index in [-0.39, 0.29) is 5.41 Å². The Bertz CT molecular complexity index is 476. The molecular formula is C15H22N4. The Labute approximate surface area is 114 Å². The predicted molar refractivity (Wildman–Crippen MR) is 73.5 cm³/mol. The molecule has 0 aliphatic heterocycles. The molecule has 0 aromatic carbocycles. The molecule has 1 aromatic heterocycles. The number of anilines is 1. The molecule has 0 amide bonds. The zero-order valence-electron chi connectivity index (χ0n) is 11.6. The van der Waals surface area contributed by atoms with E-state index in [1.165, 1.54) is 44.2 Å². The van der Waals surface area contributed by atoms with Crippen LogP contribution in [0.4, 0.5) is 5.95 Å². The van der Waals surface area contributed by atoms with Gasteiger partial charge in [0.15, 0.2) is 0 Å². The van der Waals surface area contributed by atoms with Crippen LogP contribution in [0, 0.1) is 17.8 Å². The number of aryl methyl sites for hydroxylation is 1. The Balaban J connectivity index is 1.81. The third-order valence-corrected chi connectivity index (χ3v) is 5.65. The highest BCUT2D eigenvalue weighted by atomic mass is 15.2. The maximum absolute atomic E-state index is 5.82. The van der Waals surface area contributed by atoms with Gasteiger partial charge in [-0.2, -0.15) is 0 Å². The molecule has 4 aliphatic carbocycles. The summed E-state index contributed by atoms with van der Waals surface area (Å²) >= 11 is 0. The van der Waals surface area contributed by atoms with Crippen LogP contribution in [0.1, 0.15) is 56.8 Å². The highest BCUT2D eigenvalue weighted by Gasteiger charge is 2.53. The molecule has 4 saturated carbocycles. The molecule has 1 aromatic rings. The molecule has 0 atom stereocenters. The first-order valence-corrected chi connectivity index (χ1v) is 7.68. The van der Waals surface area contributed by atoms with Gasteiger partial charge in [0.25, 0.3) is 0 Å². The lowest BCUT2D eigenvalue weighted by Gasteiger charge is -2.56. The minimum atomic E-state index is 0.282. The molecule has 2 N–H and O–H groups in total. The van der Waals surface area contributed by atoms with Gasteiger partial charge < -0.3 is 5.73 Å². The van der Waals surface area contributed by atoms with Gasteiger partial charge in [-0.1, -0.05) is 6.92 Å². The fraction of sp³-hybridized carbons (Fsp3) is 0.800. The van der Waals surface area contributed by atoms with Gasteiger partial charge in [0.05, 0.1) is 11.4 Å². The van der Waals surface area contributed by atoms with E-state index >= 15 is 0 Å². The van der Waals surface area contributed by atoms with E-state index in [9.17, 15) is 0 Å². The number of hydrogen-bond donors (Lipinski definition) is 1. The summed E-state index contributed by atoms with van der Waals surface area (Å²) in [6.07, 6.45) is 9.20. The van der Waals surface area contributed by atoms with Crippen LogP contribution in [0.2, 0.25) is 0 Å². The van der Waals surface area contributed by atoms with E-state index in [4.69, 9.17) is 5.73 Å². The molecule has 0 saturated heterocycles. The zero-order valence-corrected chi connectivity index (χ0v) is 11.6. The molecule has 5 rings (SSSR count).